The van der Waals surface area contributed by atoms with Crippen molar-refractivity contribution in [3.05, 3.63) is 0 Å². The molecule has 3 aliphatic carbocycles. The number of unbranched alkanes of at least 4 members (excludes halogenated alkanes) is 24. The van der Waals surface area contributed by atoms with E-state index in [9.17, 15) is 19.2 Å². The van der Waals surface area contributed by atoms with Crippen molar-refractivity contribution in [1.29, 1.82) is 0 Å². The van der Waals surface area contributed by atoms with Gasteiger partial charge in [0, 0.05) is 48.8 Å². The van der Waals surface area contributed by atoms with Crippen LogP contribution in [0.25, 0.3) is 0 Å². The van der Waals surface area contributed by atoms with Gasteiger partial charge in [-0.2, -0.15) is 0 Å². The van der Waals surface area contributed by atoms with Gasteiger partial charge in [0.2, 0.25) is 23.6 Å². The fourth-order valence-corrected chi connectivity index (χ4v) is 14.9. The highest BCUT2D eigenvalue weighted by molar-refractivity contribution is 5.80. The first-order chi connectivity index (χ1) is 39.2. The van der Waals surface area contributed by atoms with Crippen molar-refractivity contribution >= 4 is 23.6 Å². The van der Waals surface area contributed by atoms with Crippen LogP contribution in [0.2, 0.25) is 0 Å². The van der Waals surface area contributed by atoms with Crippen molar-refractivity contribution in [2.24, 2.45) is 35.5 Å². The van der Waals surface area contributed by atoms with E-state index >= 15 is 0 Å². The van der Waals surface area contributed by atoms with Crippen molar-refractivity contribution in [1.82, 2.24) is 21.3 Å². The molecule has 6 unspecified atom stereocenters. The van der Waals surface area contributed by atoms with Gasteiger partial charge in [-0.1, -0.05) is 286 Å². The molecule has 0 aromatic heterocycles. The van der Waals surface area contributed by atoms with E-state index in [0.717, 1.165) is 165 Å². The SMILES string of the molecule is CCCCCCCCC1CC(CCCCCCC(=O)N[C@H]2CCCC[C@H]2NC(=O)C(CCCC)CCCCCC)C(CCCCCCC(=O)N[C@@H]2CCCC[C@@H]2NC(=O)C(CCCC)CCCCCC)CC1CCCCCCCC. The summed E-state index contributed by atoms with van der Waals surface area (Å²) in [6.45, 7) is 13.6. The van der Waals surface area contributed by atoms with Crippen LogP contribution in [0.5, 0.6) is 0 Å². The van der Waals surface area contributed by atoms with E-state index in [1.165, 1.54) is 180 Å². The first-order valence-electron chi connectivity index (χ1n) is 36.4. The van der Waals surface area contributed by atoms with Gasteiger partial charge in [0.25, 0.3) is 0 Å². The number of amides is 4. The van der Waals surface area contributed by atoms with Crippen molar-refractivity contribution in [3.8, 4) is 0 Å². The van der Waals surface area contributed by atoms with Gasteiger partial charge >= 0.3 is 0 Å². The lowest BCUT2D eigenvalue weighted by atomic mass is 9.63. The lowest BCUT2D eigenvalue weighted by Crippen LogP contribution is -2.54. The summed E-state index contributed by atoms with van der Waals surface area (Å²) < 4.78 is 0. The van der Waals surface area contributed by atoms with Crippen LogP contribution in [0, 0.1) is 35.5 Å². The Bertz CT molecular complexity index is 1410. The third-order valence-corrected chi connectivity index (χ3v) is 20.1. The summed E-state index contributed by atoms with van der Waals surface area (Å²) in [4.78, 5) is 54.2. The first kappa shape index (κ1) is 72.1. The number of hydrogen-bond donors (Lipinski definition) is 4. The second kappa shape index (κ2) is 48.2. The monoisotopic (exact) mass is 1120 g/mol. The number of carbonyl (C=O) groups is 4. The average Bonchev–Trinajstić information content (AvgIpc) is 3.46. The molecule has 468 valence electrons. The summed E-state index contributed by atoms with van der Waals surface area (Å²) in [5.41, 5.74) is 0. The average molecular weight is 1120 g/mol. The minimum atomic E-state index is 0.0583. The topological polar surface area (TPSA) is 116 Å². The molecule has 0 aromatic rings. The highest BCUT2D eigenvalue weighted by Gasteiger charge is 2.36. The molecule has 3 aliphatic rings. The molecule has 0 heterocycles. The lowest BCUT2D eigenvalue weighted by Gasteiger charge is -2.42. The van der Waals surface area contributed by atoms with Crippen molar-refractivity contribution in [2.45, 2.75) is 400 Å². The third-order valence-electron chi connectivity index (χ3n) is 20.1. The lowest BCUT2D eigenvalue weighted by molar-refractivity contribution is -0.128. The smallest absolute Gasteiger partial charge is 0.223 e. The zero-order valence-corrected chi connectivity index (χ0v) is 54.2. The van der Waals surface area contributed by atoms with Crippen molar-refractivity contribution in [2.75, 3.05) is 0 Å². The summed E-state index contributed by atoms with van der Waals surface area (Å²) in [7, 11) is 0. The molecule has 0 spiro atoms. The van der Waals surface area contributed by atoms with E-state index in [1.807, 2.05) is 0 Å². The molecule has 8 heteroatoms. The summed E-state index contributed by atoms with van der Waals surface area (Å²) in [5.74, 6) is 4.43. The molecule has 3 saturated carbocycles. The molecule has 4 N–H and O–H groups in total. The Kier molecular flexibility index (Phi) is 43.4. The maximum Gasteiger partial charge on any atom is 0.223 e. The Morgan fingerprint density at radius 3 is 0.863 bits per heavy atom. The fourth-order valence-electron chi connectivity index (χ4n) is 14.9. The van der Waals surface area contributed by atoms with Crippen molar-refractivity contribution < 1.29 is 19.2 Å². The molecule has 10 atom stereocenters. The van der Waals surface area contributed by atoms with Crippen LogP contribution in [0.3, 0.4) is 0 Å². The van der Waals surface area contributed by atoms with E-state index in [-0.39, 0.29) is 59.6 Å². The molecule has 0 aliphatic heterocycles. The Labute approximate surface area is 496 Å². The van der Waals surface area contributed by atoms with Gasteiger partial charge in [-0.15, -0.1) is 0 Å². The molecule has 8 nitrogen and oxygen atoms in total. The summed E-state index contributed by atoms with van der Waals surface area (Å²) >= 11 is 0. The predicted octanol–water partition coefficient (Wildman–Crippen LogP) is 20.1. The molecular formula is C72H136N4O4. The number of hydrogen-bond acceptors (Lipinski definition) is 4. The molecule has 0 aromatic carbocycles. The molecule has 3 fully saturated rings. The second-order valence-electron chi connectivity index (χ2n) is 27.1. The number of nitrogens with one attached hydrogen (secondary N) is 4. The predicted molar refractivity (Wildman–Crippen MR) is 343 cm³/mol. The maximum atomic E-state index is 13.6. The van der Waals surface area contributed by atoms with E-state index in [4.69, 9.17) is 0 Å². The molecular weight excluding hydrogens is 985 g/mol. The summed E-state index contributed by atoms with van der Waals surface area (Å²) in [6.07, 6.45) is 61.8. The van der Waals surface area contributed by atoms with Crippen LogP contribution in [-0.4, -0.2) is 47.8 Å². The van der Waals surface area contributed by atoms with Gasteiger partial charge in [0.1, 0.15) is 0 Å². The van der Waals surface area contributed by atoms with Crippen molar-refractivity contribution in [3.63, 3.8) is 0 Å². The second-order valence-corrected chi connectivity index (χ2v) is 27.1. The molecule has 0 bridgehead atoms. The largest absolute Gasteiger partial charge is 0.351 e. The van der Waals surface area contributed by atoms with Crippen LogP contribution in [-0.2, 0) is 19.2 Å². The Morgan fingerprint density at radius 1 is 0.300 bits per heavy atom. The van der Waals surface area contributed by atoms with Gasteiger partial charge in [0.15, 0.2) is 0 Å². The van der Waals surface area contributed by atoms with E-state index < -0.39 is 0 Å². The Morgan fingerprint density at radius 2 is 0.550 bits per heavy atom. The molecule has 4 amide bonds. The van der Waals surface area contributed by atoms with E-state index in [2.05, 4.69) is 62.8 Å². The first-order valence-corrected chi connectivity index (χ1v) is 36.4. The quantitative estimate of drug-likeness (QED) is 0.0454. The zero-order valence-electron chi connectivity index (χ0n) is 54.2. The Balaban J connectivity index is 1.53. The van der Waals surface area contributed by atoms with Crippen LogP contribution in [0.4, 0.5) is 0 Å². The molecule has 0 saturated heterocycles. The van der Waals surface area contributed by atoms with Crippen LogP contribution in [0.1, 0.15) is 375 Å². The minimum absolute atomic E-state index is 0.0583. The van der Waals surface area contributed by atoms with Crippen LogP contribution in [0.15, 0.2) is 0 Å². The van der Waals surface area contributed by atoms with E-state index in [1.54, 1.807) is 0 Å². The van der Waals surface area contributed by atoms with Gasteiger partial charge < -0.3 is 21.3 Å². The van der Waals surface area contributed by atoms with Gasteiger partial charge in [-0.3, -0.25) is 19.2 Å². The molecule has 3 rings (SSSR count). The van der Waals surface area contributed by atoms with Crippen LogP contribution < -0.4 is 21.3 Å². The summed E-state index contributed by atoms with van der Waals surface area (Å²) in [5, 5.41) is 13.8. The number of carbonyl (C=O) groups excluding carboxylic acids is 4. The van der Waals surface area contributed by atoms with Gasteiger partial charge in [-0.25, -0.2) is 0 Å². The normalized spacial score (nSPS) is 23.1. The van der Waals surface area contributed by atoms with Gasteiger partial charge in [-0.05, 0) is 101 Å². The number of rotatable bonds is 50. The summed E-state index contributed by atoms with van der Waals surface area (Å²) in [6, 6.07) is 0.237. The van der Waals surface area contributed by atoms with E-state index in [0.29, 0.717) is 12.8 Å². The molecule has 80 heavy (non-hydrogen) atoms. The minimum Gasteiger partial charge on any atom is -0.351 e. The van der Waals surface area contributed by atoms with Crippen LogP contribution >= 0.6 is 0 Å². The standard InChI is InChI=1S/C72H136N4O4/c1-7-13-19-23-25-33-47-61-57-63(49-35-27-29-37-55-69(77)73-65-51-39-41-53-67(65)75-71(79)59(43-17-11-5)45-31-21-15-9-3)64(58-62(61)48-34-26-24-20-14-8-2)50-36-28-30-38-56-70(78)74-66-52-40-42-54-68(66)76-72(80)60(44-18-12-6)46-32-22-16-10-4/h59-68H,7-58H2,1-6H3,(H,73,77)(H,74,78)(H,75,79)(H,76,80)/t59?,60?,61?,62?,63?,64?,65-,66+,67+,68-. The highest BCUT2D eigenvalue weighted by Crippen LogP contribution is 2.47. The van der Waals surface area contributed by atoms with Gasteiger partial charge in [0.05, 0.1) is 0 Å². The third kappa shape index (κ3) is 32.8. The highest BCUT2D eigenvalue weighted by atomic mass is 16.2. The maximum absolute atomic E-state index is 13.6. The Hall–Kier alpha value is -2.12. The molecule has 0 radical (unpaired) electrons. The zero-order chi connectivity index (χ0) is 57.7. The fraction of sp³-hybridized carbons (Fsp3) is 0.944.